The quantitative estimate of drug-likeness (QED) is 0.606. The highest BCUT2D eigenvalue weighted by molar-refractivity contribution is 9.10. The summed E-state index contributed by atoms with van der Waals surface area (Å²) < 4.78 is 5.13. The van der Waals surface area contributed by atoms with Crippen LogP contribution in [0, 0.1) is 0 Å². The Kier molecular flexibility index (Phi) is 3.65. The van der Waals surface area contributed by atoms with E-state index in [0.717, 1.165) is 13.0 Å². The van der Waals surface area contributed by atoms with Gasteiger partial charge in [-0.3, -0.25) is 0 Å². The van der Waals surface area contributed by atoms with Gasteiger partial charge in [-0.1, -0.05) is 22.9 Å². The van der Waals surface area contributed by atoms with Gasteiger partial charge in [-0.05, 0) is 13.3 Å². The van der Waals surface area contributed by atoms with Crippen LogP contribution < -0.4 is 0 Å². The average Bonchev–Trinajstić information content (AvgIpc) is 1.67. The topological polar surface area (TPSA) is 9.23 Å². The highest BCUT2D eigenvalue weighted by Crippen LogP contribution is 2.20. The van der Waals surface area contributed by atoms with Gasteiger partial charge in [0, 0.05) is 11.4 Å². The minimum atomic E-state index is 0.182. The summed E-state index contributed by atoms with van der Waals surface area (Å²) in [7, 11) is 1.72. The first kappa shape index (κ1) is 8.44. The molecule has 0 saturated carbocycles. The summed E-state index contributed by atoms with van der Waals surface area (Å²) in [5.74, 6) is 0. The van der Waals surface area contributed by atoms with Crippen LogP contribution in [0.1, 0.15) is 20.3 Å². The minimum Gasteiger partial charge on any atom is -0.383 e. The number of methoxy groups -OCH3 is 1. The summed E-state index contributed by atoms with van der Waals surface area (Å²) in [6.45, 7) is 5.04. The van der Waals surface area contributed by atoms with Crippen LogP contribution in [0.4, 0.5) is 0 Å². The first-order valence-corrected chi connectivity index (χ1v) is 3.59. The van der Waals surface area contributed by atoms with E-state index in [1.165, 1.54) is 0 Å². The zero-order chi connectivity index (χ0) is 6.62. The fraction of sp³-hybridized carbons (Fsp3) is 1.00. The molecule has 0 bridgehead atoms. The predicted molar refractivity (Wildman–Crippen MR) is 39.5 cm³/mol. The van der Waals surface area contributed by atoms with E-state index in [0.29, 0.717) is 0 Å². The first-order chi connectivity index (χ1) is 3.62. The fourth-order valence-corrected chi connectivity index (χ4v) is 0.632. The molecule has 8 heavy (non-hydrogen) atoms. The average molecular weight is 181 g/mol. The van der Waals surface area contributed by atoms with Gasteiger partial charge in [-0.2, -0.15) is 0 Å². The lowest BCUT2D eigenvalue weighted by molar-refractivity contribution is 0.174. The lowest BCUT2D eigenvalue weighted by Crippen LogP contribution is -2.20. The van der Waals surface area contributed by atoms with Crippen LogP contribution in [-0.2, 0) is 4.74 Å². The van der Waals surface area contributed by atoms with Crippen LogP contribution in [0.15, 0.2) is 0 Å². The number of halogens is 1. The molecule has 50 valence electrons. The third-order valence-corrected chi connectivity index (χ3v) is 1.97. The van der Waals surface area contributed by atoms with E-state index in [1.807, 2.05) is 0 Å². The minimum absolute atomic E-state index is 0.182. The summed E-state index contributed by atoms with van der Waals surface area (Å²) in [4.78, 5) is 0. The molecule has 2 heteroatoms. The van der Waals surface area contributed by atoms with Crippen LogP contribution in [0.2, 0.25) is 0 Å². The van der Waals surface area contributed by atoms with Gasteiger partial charge in [0.15, 0.2) is 0 Å². The number of hydrogen-bond acceptors (Lipinski definition) is 1. The Morgan fingerprint density at radius 2 is 2.12 bits per heavy atom. The van der Waals surface area contributed by atoms with Crippen molar-refractivity contribution in [2.75, 3.05) is 13.7 Å². The second kappa shape index (κ2) is 3.46. The molecule has 0 spiro atoms. The van der Waals surface area contributed by atoms with Crippen LogP contribution in [0.5, 0.6) is 0 Å². The van der Waals surface area contributed by atoms with Crippen molar-refractivity contribution in [3.8, 4) is 0 Å². The van der Waals surface area contributed by atoms with Crippen LogP contribution in [-0.4, -0.2) is 18.0 Å². The molecule has 0 aromatic rings. The molecule has 1 unspecified atom stereocenters. The van der Waals surface area contributed by atoms with Crippen molar-refractivity contribution in [3.63, 3.8) is 0 Å². The van der Waals surface area contributed by atoms with Gasteiger partial charge in [0.05, 0.1) is 6.61 Å². The van der Waals surface area contributed by atoms with Crippen molar-refractivity contribution >= 4 is 15.9 Å². The van der Waals surface area contributed by atoms with Crippen molar-refractivity contribution < 1.29 is 4.74 Å². The molecule has 1 atom stereocenters. The largest absolute Gasteiger partial charge is 0.383 e. The van der Waals surface area contributed by atoms with Crippen LogP contribution >= 0.6 is 15.9 Å². The molecule has 0 amide bonds. The normalized spacial score (nSPS) is 18.0. The third-order valence-electron chi connectivity index (χ3n) is 1.18. The van der Waals surface area contributed by atoms with Gasteiger partial charge < -0.3 is 4.74 Å². The van der Waals surface area contributed by atoms with E-state index < -0.39 is 0 Å². The maximum atomic E-state index is 4.95. The SMILES string of the molecule is CCC(C)(Br)COC. The predicted octanol–water partition coefficient (Wildman–Crippen LogP) is 2.20. The summed E-state index contributed by atoms with van der Waals surface area (Å²) in [6, 6.07) is 0. The Labute approximate surface area is 59.5 Å². The van der Waals surface area contributed by atoms with Crippen LogP contribution in [0.3, 0.4) is 0 Å². The van der Waals surface area contributed by atoms with Gasteiger partial charge in [0.1, 0.15) is 0 Å². The molecular weight excluding hydrogens is 168 g/mol. The summed E-state index contributed by atoms with van der Waals surface area (Å²) >= 11 is 3.52. The van der Waals surface area contributed by atoms with Crippen molar-refractivity contribution in [2.45, 2.75) is 24.6 Å². The molecule has 0 fully saturated rings. The second-order valence-electron chi connectivity index (χ2n) is 2.20. The van der Waals surface area contributed by atoms with Gasteiger partial charge in [-0.15, -0.1) is 0 Å². The molecule has 0 radical (unpaired) electrons. The molecule has 0 N–H and O–H groups in total. The highest BCUT2D eigenvalue weighted by Gasteiger charge is 2.15. The van der Waals surface area contributed by atoms with E-state index in [1.54, 1.807) is 7.11 Å². The fourth-order valence-electron chi connectivity index (χ4n) is 0.403. The second-order valence-corrected chi connectivity index (χ2v) is 4.11. The number of alkyl halides is 1. The standard InChI is InChI=1S/C6H13BrO/c1-4-6(2,7)5-8-3/h4-5H2,1-3H3. The number of ether oxygens (including phenoxy) is 1. The maximum absolute atomic E-state index is 4.95. The van der Waals surface area contributed by atoms with Gasteiger partial charge >= 0.3 is 0 Å². The third kappa shape index (κ3) is 3.44. The molecule has 0 aliphatic heterocycles. The van der Waals surface area contributed by atoms with Crippen molar-refractivity contribution in [1.82, 2.24) is 0 Å². The lowest BCUT2D eigenvalue weighted by atomic mass is 10.1. The number of rotatable bonds is 3. The maximum Gasteiger partial charge on any atom is 0.0613 e. The molecule has 0 rings (SSSR count). The van der Waals surface area contributed by atoms with Gasteiger partial charge in [0.25, 0.3) is 0 Å². The van der Waals surface area contributed by atoms with E-state index in [4.69, 9.17) is 4.74 Å². The Bertz CT molecular complexity index is 61.5. The van der Waals surface area contributed by atoms with Crippen LogP contribution in [0.25, 0.3) is 0 Å². The summed E-state index contributed by atoms with van der Waals surface area (Å²) in [6.07, 6.45) is 1.10. The molecule has 0 aliphatic rings. The summed E-state index contributed by atoms with van der Waals surface area (Å²) in [5, 5.41) is 0. The molecular formula is C6H13BrO. The smallest absolute Gasteiger partial charge is 0.0613 e. The van der Waals surface area contributed by atoms with E-state index in [2.05, 4.69) is 29.8 Å². The van der Waals surface area contributed by atoms with Gasteiger partial charge in [0.2, 0.25) is 0 Å². The molecule has 0 aromatic carbocycles. The molecule has 0 heterocycles. The molecule has 0 aromatic heterocycles. The van der Waals surface area contributed by atoms with E-state index >= 15 is 0 Å². The molecule has 0 aliphatic carbocycles. The Morgan fingerprint density at radius 3 is 2.25 bits per heavy atom. The van der Waals surface area contributed by atoms with Crippen molar-refractivity contribution in [1.29, 1.82) is 0 Å². The number of hydrogen-bond donors (Lipinski definition) is 0. The Balaban J connectivity index is 3.37. The first-order valence-electron chi connectivity index (χ1n) is 2.80. The lowest BCUT2D eigenvalue weighted by Gasteiger charge is -2.17. The van der Waals surface area contributed by atoms with Gasteiger partial charge in [-0.25, -0.2) is 0 Å². The zero-order valence-corrected chi connectivity index (χ0v) is 7.29. The highest BCUT2D eigenvalue weighted by atomic mass is 79.9. The molecule has 1 nitrogen and oxygen atoms in total. The van der Waals surface area contributed by atoms with E-state index in [-0.39, 0.29) is 4.32 Å². The van der Waals surface area contributed by atoms with Crippen molar-refractivity contribution in [3.05, 3.63) is 0 Å². The van der Waals surface area contributed by atoms with E-state index in [9.17, 15) is 0 Å². The monoisotopic (exact) mass is 180 g/mol. The zero-order valence-electron chi connectivity index (χ0n) is 5.70. The summed E-state index contributed by atoms with van der Waals surface area (Å²) in [5.41, 5.74) is 0. The van der Waals surface area contributed by atoms with Crippen molar-refractivity contribution in [2.24, 2.45) is 0 Å². The Hall–Kier alpha value is 0.440. The molecule has 0 saturated heterocycles. The Morgan fingerprint density at radius 1 is 1.62 bits per heavy atom.